The highest BCUT2D eigenvalue weighted by Crippen LogP contribution is 2.17. The second-order valence-corrected chi connectivity index (χ2v) is 3.52. The van der Waals surface area contributed by atoms with E-state index in [4.69, 9.17) is 5.73 Å². The summed E-state index contributed by atoms with van der Waals surface area (Å²) in [6.07, 6.45) is -2.13. The molecule has 16 heavy (non-hydrogen) atoms. The molecule has 94 valence electrons. The molecule has 0 aliphatic heterocycles. The molecule has 1 amide bonds. The van der Waals surface area contributed by atoms with Gasteiger partial charge in [-0.05, 0) is 6.42 Å². The Morgan fingerprint density at radius 3 is 2.50 bits per heavy atom. The Bertz CT molecular complexity index is 241. The minimum atomic E-state index is -4.41. The van der Waals surface area contributed by atoms with Crippen molar-refractivity contribution in [2.75, 3.05) is 13.1 Å². The van der Waals surface area contributed by atoms with Crippen molar-refractivity contribution in [1.29, 1.82) is 0 Å². The molecule has 0 aromatic heterocycles. The Labute approximate surface area is 93.1 Å². The number of amides is 1. The summed E-state index contributed by atoms with van der Waals surface area (Å²) in [4.78, 5) is 12.2. The summed E-state index contributed by atoms with van der Waals surface area (Å²) in [7, 11) is 0. The first-order valence-corrected chi connectivity index (χ1v) is 5.03. The van der Waals surface area contributed by atoms with Crippen LogP contribution in [0.3, 0.4) is 0 Å². The van der Waals surface area contributed by atoms with Crippen molar-refractivity contribution in [1.82, 2.24) is 4.90 Å². The van der Waals surface area contributed by atoms with Crippen molar-refractivity contribution in [3.63, 3.8) is 0 Å². The third-order valence-electron chi connectivity index (χ3n) is 1.95. The van der Waals surface area contributed by atoms with Crippen molar-refractivity contribution < 1.29 is 18.0 Å². The van der Waals surface area contributed by atoms with Crippen LogP contribution in [-0.2, 0) is 4.79 Å². The zero-order chi connectivity index (χ0) is 12.8. The first kappa shape index (κ1) is 15.0. The average Bonchev–Trinajstić information content (AvgIpc) is 2.14. The minimum Gasteiger partial charge on any atom is -0.329 e. The predicted molar refractivity (Wildman–Crippen MR) is 55.7 cm³/mol. The van der Waals surface area contributed by atoms with E-state index in [0.29, 0.717) is 17.7 Å². The molecule has 1 atom stereocenters. The monoisotopic (exact) mass is 238 g/mol. The zero-order valence-corrected chi connectivity index (χ0v) is 9.26. The maximum absolute atomic E-state index is 12.2. The van der Waals surface area contributed by atoms with Gasteiger partial charge in [0, 0.05) is 6.54 Å². The second kappa shape index (κ2) is 6.52. The molecule has 0 bridgehead atoms. The molecule has 0 radical (unpaired) electrons. The summed E-state index contributed by atoms with van der Waals surface area (Å²) < 4.78 is 36.5. The molecule has 0 saturated carbocycles. The summed E-state index contributed by atoms with van der Waals surface area (Å²) in [5.74, 6) is -0.681. The first-order valence-electron chi connectivity index (χ1n) is 5.03. The van der Waals surface area contributed by atoms with Crippen molar-refractivity contribution in [2.45, 2.75) is 32.0 Å². The van der Waals surface area contributed by atoms with Gasteiger partial charge in [0.05, 0.1) is 6.04 Å². The molecule has 0 rings (SSSR count). The van der Waals surface area contributed by atoms with Crippen LogP contribution in [-0.4, -0.2) is 36.1 Å². The lowest BCUT2D eigenvalue weighted by molar-refractivity contribution is -0.160. The Kier molecular flexibility index (Phi) is 6.10. The number of carbonyl (C=O) groups is 1. The van der Waals surface area contributed by atoms with Crippen LogP contribution >= 0.6 is 0 Å². The highest BCUT2D eigenvalue weighted by Gasteiger charge is 2.33. The molecule has 0 aromatic carbocycles. The predicted octanol–water partition coefficient (Wildman–Crippen LogP) is 1.69. The maximum atomic E-state index is 12.2. The fourth-order valence-electron chi connectivity index (χ4n) is 1.27. The Hall–Kier alpha value is -1.04. The number of halogens is 3. The van der Waals surface area contributed by atoms with Gasteiger partial charge in [0.1, 0.15) is 6.54 Å². The van der Waals surface area contributed by atoms with Crippen molar-refractivity contribution >= 4 is 5.91 Å². The van der Waals surface area contributed by atoms with Gasteiger partial charge in [0.25, 0.3) is 0 Å². The van der Waals surface area contributed by atoms with Gasteiger partial charge in [-0.2, -0.15) is 13.2 Å². The Morgan fingerprint density at radius 1 is 1.56 bits per heavy atom. The molecule has 0 aromatic rings. The van der Waals surface area contributed by atoms with Crippen molar-refractivity contribution in [2.24, 2.45) is 5.73 Å². The van der Waals surface area contributed by atoms with Crippen LogP contribution in [0.1, 0.15) is 19.8 Å². The fraction of sp³-hybridized carbons (Fsp3) is 0.700. The van der Waals surface area contributed by atoms with Gasteiger partial charge in [-0.25, -0.2) is 0 Å². The van der Waals surface area contributed by atoms with E-state index in [-0.39, 0.29) is 6.54 Å². The standard InChI is InChI=1S/C10H17F3N2O/c1-3-5-8(14)9(16)15(6-4-2)7-10(11,12)13/h4,8H,2-3,5-7,14H2,1H3. The highest BCUT2D eigenvalue weighted by molar-refractivity contribution is 5.81. The highest BCUT2D eigenvalue weighted by atomic mass is 19.4. The molecule has 0 heterocycles. The molecule has 0 aliphatic carbocycles. The smallest absolute Gasteiger partial charge is 0.329 e. The van der Waals surface area contributed by atoms with E-state index in [2.05, 4.69) is 6.58 Å². The number of hydrogen-bond donors (Lipinski definition) is 1. The first-order chi connectivity index (χ1) is 7.31. The van der Waals surface area contributed by atoms with Crippen LogP contribution < -0.4 is 5.73 Å². The van der Waals surface area contributed by atoms with E-state index < -0.39 is 24.7 Å². The van der Waals surface area contributed by atoms with Crippen LogP contribution in [0.15, 0.2) is 12.7 Å². The molecule has 0 aliphatic rings. The van der Waals surface area contributed by atoms with E-state index in [0.717, 1.165) is 0 Å². The minimum absolute atomic E-state index is 0.143. The molecule has 3 nitrogen and oxygen atoms in total. The normalized spacial score (nSPS) is 13.3. The van der Waals surface area contributed by atoms with Crippen LogP contribution in [0.25, 0.3) is 0 Å². The summed E-state index contributed by atoms with van der Waals surface area (Å²) in [6.45, 7) is 3.70. The van der Waals surface area contributed by atoms with Gasteiger partial charge in [0.2, 0.25) is 5.91 Å². The SMILES string of the molecule is C=CCN(CC(F)(F)F)C(=O)C(N)CCC. The van der Waals surface area contributed by atoms with Crippen LogP contribution in [0.2, 0.25) is 0 Å². The van der Waals surface area contributed by atoms with Gasteiger partial charge < -0.3 is 10.6 Å². The molecular formula is C10H17F3N2O. The summed E-state index contributed by atoms with van der Waals surface area (Å²) in [6, 6.07) is -0.868. The van der Waals surface area contributed by atoms with Gasteiger partial charge in [0.15, 0.2) is 0 Å². The number of alkyl halides is 3. The lowest BCUT2D eigenvalue weighted by Crippen LogP contribution is -2.47. The third-order valence-corrected chi connectivity index (χ3v) is 1.95. The molecule has 2 N–H and O–H groups in total. The molecule has 0 saturated heterocycles. The van der Waals surface area contributed by atoms with Gasteiger partial charge in [-0.3, -0.25) is 4.79 Å². The van der Waals surface area contributed by atoms with E-state index in [9.17, 15) is 18.0 Å². The third kappa shape index (κ3) is 5.75. The summed E-state index contributed by atoms with van der Waals surface area (Å²) in [5, 5.41) is 0. The molecule has 6 heteroatoms. The second-order valence-electron chi connectivity index (χ2n) is 3.52. The molecule has 0 spiro atoms. The number of nitrogens with zero attached hydrogens (tertiary/aromatic N) is 1. The lowest BCUT2D eigenvalue weighted by atomic mass is 10.1. The van der Waals surface area contributed by atoms with E-state index in [1.54, 1.807) is 0 Å². The fourth-order valence-corrected chi connectivity index (χ4v) is 1.27. The Balaban J connectivity index is 4.51. The molecule has 1 unspecified atom stereocenters. The zero-order valence-electron chi connectivity index (χ0n) is 9.26. The molecular weight excluding hydrogens is 221 g/mol. The number of rotatable bonds is 6. The average molecular weight is 238 g/mol. The van der Waals surface area contributed by atoms with E-state index in [1.807, 2.05) is 6.92 Å². The van der Waals surface area contributed by atoms with E-state index >= 15 is 0 Å². The number of hydrogen-bond acceptors (Lipinski definition) is 2. The number of nitrogens with two attached hydrogens (primary N) is 1. The van der Waals surface area contributed by atoms with Crippen molar-refractivity contribution in [3.8, 4) is 0 Å². The lowest BCUT2D eigenvalue weighted by Gasteiger charge is -2.25. The Morgan fingerprint density at radius 2 is 2.12 bits per heavy atom. The van der Waals surface area contributed by atoms with Crippen LogP contribution in [0, 0.1) is 0 Å². The molecule has 0 fully saturated rings. The maximum Gasteiger partial charge on any atom is 0.406 e. The summed E-state index contributed by atoms with van der Waals surface area (Å²) in [5.41, 5.74) is 5.48. The van der Waals surface area contributed by atoms with Crippen LogP contribution in [0.4, 0.5) is 13.2 Å². The van der Waals surface area contributed by atoms with Gasteiger partial charge in [-0.15, -0.1) is 6.58 Å². The topological polar surface area (TPSA) is 46.3 Å². The van der Waals surface area contributed by atoms with Crippen LogP contribution in [0.5, 0.6) is 0 Å². The summed E-state index contributed by atoms with van der Waals surface area (Å²) >= 11 is 0. The van der Waals surface area contributed by atoms with Crippen molar-refractivity contribution in [3.05, 3.63) is 12.7 Å². The quantitative estimate of drug-likeness (QED) is 0.716. The largest absolute Gasteiger partial charge is 0.406 e. The van der Waals surface area contributed by atoms with Gasteiger partial charge in [-0.1, -0.05) is 19.4 Å². The number of carbonyl (C=O) groups excluding carboxylic acids is 1. The van der Waals surface area contributed by atoms with Gasteiger partial charge >= 0.3 is 6.18 Å². The van der Waals surface area contributed by atoms with E-state index in [1.165, 1.54) is 6.08 Å².